The second-order valence-corrected chi connectivity index (χ2v) is 8.64. The zero-order chi connectivity index (χ0) is 21.0. The zero-order valence-corrected chi connectivity index (χ0v) is 18.2. The number of thiazole rings is 1. The molecule has 1 aromatic heterocycles. The molecule has 6 nitrogen and oxygen atoms in total. The SMILES string of the molecule is CCOC(=O)C1CCc2nc(NC(=O)C(C)Oc3ccc(C(C)C)cc3)sc2C1. The molecular formula is C22H28N2O4S. The number of aryl methyl sites for hydroxylation is 1. The van der Waals surface area contributed by atoms with Crippen LogP contribution < -0.4 is 10.1 Å². The number of aromatic nitrogens is 1. The second-order valence-electron chi connectivity index (χ2n) is 7.55. The summed E-state index contributed by atoms with van der Waals surface area (Å²) < 4.78 is 10.9. The van der Waals surface area contributed by atoms with Crippen LogP contribution in [-0.4, -0.2) is 29.6 Å². The zero-order valence-electron chi connectivity index (χ0n) is 17.4. The molecule has 2 aromatic rings. The van der Waals surface area contributed by atoms with E-state index < -0.39 is 6.10 Å². The Hall–Kier alpha value is -2.41. The number of amides is 1. The molecule has 1 heterocycles. The molecule has 1 aromatic carbocycles. The predicted octanol–water partition coefficient (Wildman–Crippen LogP) is 4.34. The molecule has 0 bridgehead atoms. The lowest BCUT2D eigenvalue weighted by Gasteiger charge is -2.18. The van der Waals surface area contributed by atoms with Crippen molar-refractivity contribution in [1.29, 1.82) is 0 Å². The Balaban J connectivity index is 1.57. The normalized spacial score (nSPS) is 16.8. The van der Waals surface area contributed by atoms with E-state index in [1.165, 1.54) is 16.9 Å². The van der Waals surface area contributed by atoms with Crippen LogP contribution >= 0.6 is 11.3 Å². The van der Waals surface area contributed by atoms with Crippen LogP contribution in [0.25, 0.3) is 0 Å². The first-order chi connectivity index (χ1) is 13.9. The Kier molecular flexibility index (Phi) is 6.90. The summed E-state index contributed by atoms with van der Waals surface area (Å²) in [5.41, 5.74) is 2.19. The van der Waals surface area contributed by atoms with Gasteiger partial charge >= 0.3 is 5.97 Å². The number of rotatable bonds is 7. The number of nitrogens with one attached hydrogen (secondary N) is 1. The summed E-state index contributed by atoms with van der Waals surface area (Å²) in [7, 11) is 0. The number of carbonyl (C=O) groups is 2. The molecule has 156 valence electrons. The minimum Gasteiger partial charge on any atom is -0.481 e. The van der Waals surface area contributed by atoms with E-state index in [1.54, 1.807) is 6.92 Å². The van der Waals surface area contributed by atoms with Gasteiger partial charge in [0.15, 0.2) is 11.2 Å². The Labute approximate surface area is 175 Å². The topological polar surface area (TPSA) is 77.5 Å². The number of benzene rings is 1. The number of nitrogens with zero attached hydrogens (tertiary/aromatic N) is 1. The molecule has 1 aliphatic carbocycles. The quantitative estimate of drug-likeness (QED) is 0.680. The predicted molar refractivity (Wildman–Crippen MR) is 114 cm³/mol. The molecule has 7 heteroatoms. The molecule has 0 fully saturated rings. The molecule has 1 aliphatic rings. The van der Waals surface area contributed by atoms with E-state index in [9.17, 15) is 9.59 Å². The lowest BCUT2D eigenvalue weighted by Crippen LogP contribution is -2.30. The third-order valence-electron chi connectivity index (χ3n) is 5.02. The highest BCUT2D eigenvalue weighted by Crippen LogP contribution is 2.33. The van der Waals surface area contributed by atoms with E-state index in [-0.39, 0.29) is 17.8 Å². The molecule has 1 N–H and O–H groups in total. The molecule has 0 saturated carbocycles. The van der Waals surface area contributed by atoms with Crippen molar-refractivity contribution >= 4 is 28.3 Å². The minimum atomic E-state index is -0.645. The van der Waals surface area contributed by atoms with Gasteiger partial charge in [0.1, 0.15) is 5.75 Å². The van der Waals surface area contributed by atoms with Gasteiger partial charge in [-0.2, -0.15) is 0 Å². The number of anilines is 1. The first-order valence-electron chi connectivity index (χ1n) is 10.1. The summed E-state index contributed by atoms with van der Waals surface area (Å²) in [6.07, 6.45) is 1.43. The lowest BCUT2D eigenvalue weighted by molar-refractivity contribution is -0.148. The van der Waals surface area contributed by atoms with Crippen LogP contribution in [-0.2, 0) is 27.2 Å². The van der Waals surface area contributed by atoms with Crippen LogP contribution in [0.1, 0.15) is 56.2 Å². The van der Waals surface area contributed by atoms with Crippen molar-refractivity contribution in [2.75, 3.05) is 11.9 Å². The fraction of sp³-hybridized carbons (Fsp3) is 0.500. The molecule has 2 atom stereocenters. The molecule has 0 spiro atoms. The van der Waals surface area contributed by atoms with E-state index >= 15 is 0 Å². The van der Waals surface area contributed by atoms with Gasteiger partial charge in [0.2, 0.25) is 0 Å². The van der Waals surface area contributed by atoms with Crippen molar-refractivity contribution in [3.63, 3.8) is 0 Å². The standard InChI is InChI=1S/C22H28N2O4S/c1-5-27-21(26)16-8-11-18-19(12-16)29-22(23-18)24-20(25)14(4)28-17-9-6-15(7-10-17)13(2)3/h6-7,9-10,13-14,16H,5,8,11-12H2,1-4H3,(H,23,24,25). The third-order valence-corrected chi connectivity index (χ3v) is 6.05. The van der Waals surface area contributed by atoms with E-state index in [2.05, 4.69) is 24.1 Å². The van der Waals surface area contributed by atoms with Gasteiger partial charge in [-0.05, 0) is 56.7 Å². The van der Waals surface area contributed by atoms with Gasteiger partial charge in [0.05, 0.1) is 18.2 Å². The maximum atomic E-state index is 12.5. The summed E-state index contributed by atoms with van der Waals surface area (Å²) in [4.78, 5) is 30.1. The second kappa shape index (κ2) is 9.39. The van der Waals surface area contributed by atoms with Gasteiger partial charge in [-0.15, -0.1) is 11.3 Å². The Morgan fingerprint density at radius 2 is 1.97 bits per heavy atom. The number of fused-ring (bicyclic) bond motifs is 1. The molecule has 0 aliphatic heterocycles. The van der Waals surface area contributed by atoms with Crippen LogP contribution in [0, 0.1) is 5.92 Å². The first kappa shape index (κ1) is 21.3. The van der Waals surface area contributed by atoms with Crippen LogP contribution in [0.3, 0.4) is 0 Å². The number of carbonyl (C=O) groups excluding carboxylic acids is 2. The monoisotopic (exact) mass is 416 g/mol. The number of ether oxygens (including phenoxy) is 2. The van der Waals surface area contributed by atoms with Crippen molar-refractivity contribution in [1.82, 2.24) is 4.98 Å². The Bertz CT molecular complexity index is 860. The average Bonchev–Trinajstić information content (AvgIpc) is 3.09. The minimum absolute atomic E-state index is 0.123. The smallest absolute Gasteiger partial charge is 0.309 e. The van der Waals surface area contributed by atoms with Crippen molar-refractivity contribution < 1.29 is 19.1 Å². The number of hydrogen-bond donors (Lipinski definition) is 1. The summed E-state index contributed by atoms with van der Waals surface area (Å²) in [6, 6.07) is 7.80. The summed E-state index contributed by atoms with van der Waals surface area (Å²) >= 11 is 1.43. The lowest BCUT2D eigenvalue weighted by atomic mass is 9.91. The molecule has 0 saturated heterocycles. The third kappa shape index (κ3) is 5.35. The van der Waals surface area contributed by atoms with Crippen LogP contribution in [0.5, 0.6) is 5.75 Å². The summed E-state index contributed by atoms with van der Waals surface area (Å²) in [5.74, 6) is 0.591. The van der Waals surface area contributed by atoms with Crippen molar-refractivity contribution in [3.05, 3.63) is 40.4 Å². The highest BCUT2D eigenvalue weighted by atomic mass is 32.1. The van der Waals surface area contributed by atoms with Gasteiger partial charge in [-0.1, -0.05) is 26.0 Å². The van der Waals surface area contributed by atoms with Crippen molar-refractivity contribution in [3.8, 4) is 5.75 Å². The largest absolute Gasteiger partial charge is 0.481 e. The van der Waals surface area contributed by atoms with Crippen molar-refractivity contribution in [2.24, 2.45) is 5.92 Å². The maximum Gasteiger partial charge on any atom is 0.309 e. The van der Waals surface area contributed by atoms with E-state index in [1.807, 2.05) is 31.2 Å². The molecule has 29 heavy (non-hydrogen) atoms. The molecule has 0 radical (unpaired) electrons. The number of hydrogen-bond acceptors (Lipinski definition) is 6. The first-order valence-corrected chi connectivity index (χ1v) is 10.9. The summed E-state index contributed by atoms with van der Waals surface area (Å²) in [6.45, 7) is 8.19. The number of esters is 1. The van der Waals surface area contributed by atoms with Crippen LogP contribution in [0.2, 0.25) is 0 Å². The van der Waals surface area contributed by atoms with E-state index in [0.717, 1.165) is 23.4 Å². The van der Waals surface area contributed by atoms with Crippen LogP contribution in [0.15, 0.2) is 24.3 Å². The highest BCUT2D eigenvalue weighted by Gasteiger charge is 2.29. The van der Waals surface area contributed by atoms with Crippen LogP contribution in [0.4, 0.5) is 5.13 Å². The van der Waals surface area contributed by atoms with E-state index in [4.69, 9.17) is 9.47 Å². The van der Waals surface area contributed by atoms with Crippen molar-refractivity contribution in [2.45, 2.75) is 59.0 Å². The fourth-order valence-electron chi connectivity index (χ4n) is 3.29. The molecule has 2 unspecified atom stereocenters. The van der Waals surface area contributed by atoms with Gasteiger partial charge in [-0.25, -0.2) is 4.98 Å². The molecule has 1 amide bonds. The highest BCUT2D eigenvalue weighted by molar-refractivity contribution is 7.15. The average molecular weight is 417 g/mol. The summed E-state index contributed by atoms with van der Waals surface area (Å²) in [5, 5.41) is 3.40. The van der Waals surface area contributed by atoms with Gasteiger partial charge in [-0.3, -0.25) is 14.9 Å². The van der Waals surface area contributed by atoms with Gasteiger partial charge in [0, 0.05) is 4.88 Å². The fourth-order valence-corrected chi connectivity index (χ4v) is 4.38. The maximum absolute atomic E-state index is 12.5. The molecular weight excluding hydrogens is 388 g/mol. The van der Waals surface area contributed by atoms with E-state index in [0.29, 0.717) is 29.8 Å². The van der Waals surface area contributed by atoms with Gasteiger partial charge in [0.25, 0.3) is 5.91 Å². The van der Waals surface area contributed by atoms with Gasteiger partial charge < -0.3 is 9.47 Å². The molecule has 3 rings (SSSR count). The Morgan fingerprint density at radius 1 is 1.24 bits per heavy atom. The Morgan fingerprint density at radius 3 is 2.62 bits per heavy atom.